The fraction of sp³-hybridized carbons (Fsp3) is 0.294. The van der Waals surface area contributed by atoms with Crippen LogP contribution in [0, 0.1) is 12.7 Å². The first-order chi connectivity index (χ1) is 12.0. The highest BCUT2D eigenvalue weighted by Crippen LogP contribution is 2.41. The highest BCUT2D eigenvalue weighted by Gasteiger charge is 2.31. The normalized spacial score (nSPS) is 14.2. The highest BCUT2D eigenvalue weighted by molar-refractivity contribution is 5.74. The maximum atomic E-state index is 14.7. The number of fused-ring (bicyclic) bond motifs is 1. The van der Waals surface area contributed by atoms with Gasteiger partial charge in [0.1, 0.15) is 0 Å². The van der Waals surface area contributed by atoms with Gasteiger partial charge in [0.05, 0.1) is 17.3 Å². The van der Waals surface area contributed by atoms with Gasteiger partial charge in [0.25, 0.3) is 5.56 Å². The highest BCUT2D eigenvalue weighted by atomic mass is 19.1. The largest absolute Gasteiger partial charge is 0.333 e. The lowest BCUT2D eigenvalue weighted by Crippen LogP contribution is -2.30. The monoisotopic (exact) mass is 341 g/mol. The first-order valence-corrected chi connectivity index (χ1v) is 8.00. The number of halogens is 1. The third-order valence-electron chi connectivity index (χ3n) is 4.54. The van der Waals surface area contributed by atoms with Crippen LogP contribution >= 0.6 is 0 Å². The van der Waals surface area contributed by atoms with Crippen molar-refractivity contribution in [2.45, 2.75) is 32.2 Å². The van der Waals surface area contributed by atoms with Crippen LogP contribution < -0.4 is 17.0 Å². The second-order valence-electron chi connectivity index (χ2n) is 6.26. The zero-order valence-corrected chi connectivity index (χ0v) is 13.5. The van der Waals surface area contributed by atoms with E-state index in [1.54, 1.807) is 6.92 Å². The average molecular weight is 341 g/mol. The van der Waals surface area contributed by atoms with Crippen LogP contribution in [0.4, 0.5) is 4.39 Å². The molecule has 0 bridgehead atoms. The van der Waals surface area contributed by atoms with E-state index in [1.165, 1.54) is 12.4 Å². The Morgan fingerprint density at radius 1 is 1.32 bits per heavy atom. The quantitative estimate of drug-likeness (QED) is 0.745. The van der Waals surface area contributed by atoms with Crippen LogP contribution in [0.15, 0.2) is 28.2 Å². The van der Waals surface area contributed by atoms with Gasteiger partial charge in [-0.15, -0.1) is 0 Å². The Morgan fingerprint density at radius 3 is 2.60 bits per heavy atom. The van der Waals surface area contributed by atoms with Crippen LogP contribution in [0.1, 0.15) is 35.4 Å². The van der Waals surface area contributed by atoms with Crippen molar-refractivity contribution in [2.75, 3.05) is 0 Å². The van der Waals surface area contributed by atoms with E-state index in [1.807, 2.05) is 0 Å². The number of nitrogens with two attached hydrogens (primary N) is 1. The molecule has 0 radical (unpaired) electrons. The smallest absolute Gasteiger partial charge is 0.326 e. The van der Waals surface area contributed by atoms with E-state index in [4.69, 9.17) is 5.73 Å². The van der Waals surface area contributed by atoms with Gasteiger partial charge < -0.3 is 5.73 Å². The topological polar surface area (TPSA) is 106 Å². The Bertz CT molecular complexity index is 1100. The molecule has 3 heterocycles. The number of hydrogen-bond acceptors (Lipinski definition) is 5. The van der Waals surface area contributed by atoms with Crippen molar-refractivity contribution >= 4 is 5.52 Å². The Morgan fingerprint density at radius 2 is 2.00 bits per heavy atom. The molecular formula is C17H16FN5O2. The standard InChI is InChI=1S/C17H16FN5O2/c1-8-12(15-20-5-9(4-19)6-21-15)11(18)7-23-14(8)13(10-2-3-10)16(24)22-17(23)25/h5-7,10H,2-4,19H2,1H3,(H,22,24,25). The summed E-state index contributed by atoms with van der Waals surface area (Å²) >= 11 is 0. The van der Waals surface area contributed by atoms with Crippen molar-refractivity contribution in [2.24, 2.45) is 5.73 Å². The van der Waals surface area contributed by atoms with Crippen molar-refractivity contribution in [1.29, 1.82) is 0 Å². The summed E-state index contributed by atoms with van der Waals surface area (Å²) in [6.07, 6.45) is 5.92. The number of aromatic nitrogens is 4. The first-order valence-electron chi connectivity index (χ1n) is 8.00. The van der Waals surface area contributed by atoms with Gasteiger partial charge in [0.2, 0.25) is 0 Å². The second kappa shape index (κ2) is 5.59. The molecule has 0 amide bonds. The van der Waals surface area contributed by atoms with Crippen molar-refractivity contribution in [3.05, 3.63) is 61.9 Å². The molecule has 3 aromatic heterocycles. The minimum absolute atomic E-state index is 0.0943. The number of aromatic amines is 1. The lowest BCUT2D eigenvalue weighted by atomic mass is 10.0. The molecule has 4 rings (SSSR count). The maximum absolute atomic E-state index is 14.7. The summed E-state index contributed by atoms with van der Waals surface area (Å²) in [5.41, 5.74) is 6.84. The summed E-state index contributed by atoms with van der Waals surface area (Å²) in [6.45, 7) is 1.97. The summed E-state index contributed by atoms with van der Waals surface area (Å²) in [7, 11) is 0. The number of pyridine rings is 1. The zero-order valence-electron chi connectivity index (χ0n) is 13.5. The predicted molar refractivity (Wildman–Crippen MR) is 89.9 cm³/mol. The lowest BCUT2D eigenvalue weighted by Gasteiger charge is -2.13. The van der Waals surface area contributed by atoms with Crippen molar-refractivity contribution < 1.29 is 4.39 Å². The molecule has 8 heteroatoms. The van der Waals surface area contributed by atoms with E-state index in [0.717, 1.165) is 29.0 Å². The van der Waals surface area contributed by atoms with Crippen LogP contribution in [-0.4, -0.2) is 19.4 Å². The molecule has 25 heavy (non-hydrogen) atoms. The minimum Gasteiger partial charge on any atom is -0.326 e. The predicted octanol–water partition coefficient (Wildman–Crippen LogP) is 1.23. The Kier molecular flexibility index (Phi) is 3.50. The third-order valence-corrected chi connectivity index (χ3v) is 4.54. The van der Waals surface area contributed by atoms with Crippen molar-refractivity contribution in [3.8, 4) is 11.4 Å². The number of H-pyrrole nitrogens is 1. The molecule has 1 saturated carbocycles. The first kappa shape index (κ1) is 15.6. The van der Waals surface area contributed by atoms with Crippen LogP contribution in [0.25, 0.3) is 16.9 Å². The number of hydrogen-bond donors (Lipinski definition) is 2. The number of rotatable bonds is 3. The Balaban J connectivity index is 2.07. The lowest BCUT2D eigenvalue weighted by molar-refractivity contribution is 0.617. The summed E-state index contributed by atoms with van der Waals surface area (Å²) in [6, 6.07) is 0. The zero-order chi connectivity index (χ0) is 17.7. The molecule has 1 aliphatic carbocycles. The SMILES string of the molecule is Cc1c(-c2ncc(CN)cn2)c(F)cn2c(=O)[nH]c(=O)c(C3CC3)c12. The van der Waals surface area contributed by atoms with E-state index in [0.29, 0.717) is 16.6 Å². The molecule has 0 aliphatic heterocycles. The second-order valence-corrected chi connectivity index (χ2v) is 6.26. The molecule has 0 spiro atoms. The molecular weight excluding hydrogens is 325 g/mol. The van der Waals surface area contributed by atoms with E-state index >= 15 is 0 Å². The van der Waals surface area contributed by atoms with Gasteiger partial charge in [0, 0.05) is 30.1 Å². The molecule has 3 aromatic rings. The fourth-order valence-electron chi connectivity index (χ4n) is 3.16. The number of nitrogens with one attached hydrogen (secondary N) is 1. The molecule has 0 unspecified atom stereocenters. The summed E-state index contributed by atoms with van der Waals surface area (Å²) in [4.78, 5) is 35.1. The van der Waals surface area contributed by atoms with Crippen molar-refractivity contribution in [3.63, 3.8) is 0 Å². The molecule has 7 nitrogen and oxygen atoms in total. The van der Waals surface area contributed by atoms with E-state index in [-0.39, 0.29) is 23.9 Å². The summed E-state index contributed by atoms with van der Waals surface area (Å²) < 4.78 is 15.9. The van der Waals surface area contributed by atoms with Crippen LogP contribution in [0.2, 0.25) is 0 Å². The maximum Gasteiger partial charge on any atom is 0.333 e. The average Bonchev–Trinajstić information content (AvgIpc) is 3.41. The van der Waals surface area contributed by atoms with Gasteiger partial charge in [-0.2, -0.15) is 0 Å². The molecule has 128 valence electrons. The van der Waals surface area contributed by atoms with Crippen LogP contribution in [0.3, 0.4) is 0 Å². The van der Waals surface area contributed by atoms with Gasteiger partial charge in [-0.1, -0.05) is 0 Å². The minimum atomic E-state index is -0.655. The Hall–Kier alpha value is -2.87. The van der Waals surface area contributed by atoms with Crippen LogP contribution in [-0.2, 0) is 6.54 Å². The number of nitrogens with zero attached hydrogens (tertiary/aromatic N) is 3. The van der Waals surface area contributed by atoms with Crippen molar-refractivity contribution in [1.82, 2.24) is 19.4 Å². The van der Waals surface area contributed by atoms with Crippen LogP contribution in [0.5, 0.6) is 0 Å². The Labute approximate surface area is 141 Å². The summed E-state index contributed by atoms with van der Waals surface area (Å²) in [5.74, 6) is -0.331. The van der Waals surface area contributed by atoms with Gasteiger partial charge >= 0.3 is 5.69 Å². The van der Waals surface area contributed by atoms with Gasteiger partial charge in [-0.3, -0.25) is 14.2 Å². The van der Waals surface area contributed by atoms with Gasteiger partial charge in [-0.05, 0) is 31.2 Å². The van der Waals surface area contributed by atoms with E-state index in [2.05, 4.69) is 15.0 Å². The summed E-state index contributed by atoms with van der Waals surface area (Å²) in [5, 5.41) is 0. The van der Waals surface area contributed by atoms with Gasteiger partial charge in [0.15, 0.2) is 11.6 Å². The van der Waals surface area contributed by atoms with E-state index < -0.39 is 17.1 Å². The molecule has 0 aromatic carbocycles. The molecule has 0 atom stereocenters. The van der Waals surface area contributed by atoms with Gasteiger partial charge in [-0.25, -0.2) is 19.2 Å². The third kappa shape index (κ3) is 2.45. The molecule has 1 fully saturated rings. The fourth-order valence-corrected chi connectivity index (χ4v) is 3.16. The van der Waals surface area contributed by atoms with E-state index in [9.17, 15) is 14.0 Å². The number of aryl methyl sites for hydroxylation is 1. The molecule has 3 N–H and O–H groups in total. The molecule has 1 aliphatic rings. The molecule has 0 saturated heterocycles.